The lowest BCUT2D eigenvalue weighted by molar-refractivity contribution is 0.601. The lowest BCUT2D eigenvalue weighted by Gasteiger charge is -2.08. The quantitative estimate of drug-likeness (QED) is 0.741. The minimum absolute atomic E-state index is 0. The van der Waals surface area contributed by atoms with Crippen LogP contribution < -0.4 is 5.73 Å². The molecule has 0 radical (unpaired) electrons. The molecule has 4 nitrogen and oxygen atoms in total. The Hall–Kier alpha value is -0.820. The lowest BCUT2D eigenvalue weighted by Crippen LogP contribution is -2.03. The Balaban J connectivity index is 0.00000133. The number of thiazole rings is 1. The van der Waals surface area contributed by atoms with Crippen LogP contribution in [-0.2, 0) is 16.3 Å². The monoisotopic (exact) mass is 336 g/mol. The average molecular weight is 337 g/mol. The van der Waals surface area contributed by atoms with E-state index in [2.05, 4.69) is 4.98 Å². The van der Waals surface area contributed by atoms with Gasteiger partial charge in [-0.2, -0.15) is 0 Å². The molecule has 1 aromatic heterocycles. The van der Waals surface area contributed by atoms with E-state index in [1.807, 2.05) is 0 Å². The second-order valence-electron chi connectivity index (χ2n) is 4.18. The van der Waals surface area contributed by atoms with Crippen LogP contribution in [0.2, 0.25) is 5.02 Å². The predicted octanol–water partition coefficient (Wildman–Crippen LogP) is 2.78. The van der Waals surface area contributed by atoms with Crippen LogP contribution in [0.4, 0.5) is 5.13 Å². The summed E-state index contributed by atoms with van der Waals surface area (Å²) in [6.45, 7) is 0. The Morgan fingerprint density at radius 2 is 2.11 bits per heavy atom. The number of aromatic nitrogens is 1. The zero-order valence-corrected chi connectivity index (χ0v) is 13.0. The fraction of sp³-hybridized carbons (Fsp3) is 0.182. The van der Waals surface area contributed by atoms with Crippen molar-refractivity contribution in [3.8, 4) is 11.3 Å². The highest BCUT2D eigenvalue weighted by atomic mass is 35.5. The molecule has 2 N–H and O–H groups in total. The predicted molar refractivity (Wildman–Crippen MR) is 80.1 cm³/mol. The minimum Gasteiger partial charge on any atom is -0.375 e. The van der Waals surface area contributed by atoms with Gasteiger partial charge in [0, 0.05) is 23.1 Å². The van der Waals surface area contributed by atoms with Crippen molar-refractivity contribution in [2.24, 2.45) is 0 Å². The fourth-order valence-corrected chi connectivity index (χ4v) is 4.77. The molecule has 0 fully saturated rings. The van der Waals surface area contributed by atoms with Crippen molar-refractivity contribution < 1.29 is 8.42 Å². The smallest absolute Gasteiger partial charge is 0.180 e. The topological polar surface area (TPSA) is 73.0 Å². The summed E-state index contributed by atoms with van der Waals surface area (Å²) in [5.41, 5.74) is 8.01. The first-order chi connectivity index (χ1) is 8.38. The second kappa shape index (κ2) is 4.63. The zero-order valence-electron chi connectivity index (χ0n) is 9.81. The summed E-state index contributed by atoms with van der Waals surface area (Å²) in [7, 11) is -3.35. The summed E-state index contributed by atoms with van der Waals surface area (Å²) in [5.74, 6) is 0. The van der Waals surface area contributed by atoms with Gasteiger partial charge >= 0.3 is 0 Å². The van der Waals surface area contributed by atoms with E-state index >= 15 is 0 Å². The van der Waals surface area contributed by atoms with Gasteiger partial charge < -0.3 is 5.73 Å². The van der Waals surface area contributed by atoms with E-state index in [1.165, 1.54) is 17.6 Å². The Morgan fingerprint density at radius 3 is 2.74 bits per heavy atom. The number of benzene rings is 1. The van der Waals surface area contributed by atoms with Gasteiger partial charge in [-0.05, 0) is 11.6 Å². The number of nitrogen functional groups attached to an aromatic ring is 1. The molecular weight excluding hydrogens is 327 g/mol. The van der Waals surface area contributed by atoms with Crippen molar-refractivity contribution in [2.75, 3.05) is 12.0 Å². The zero-order chi connectivity index (χ0) is 13.1. The Morgan fingerprint density at radius 1 is 1.42 bits per heavy atom. The van der Waals surface area contributed by atoms with E-state index in [-0.39, 0.29) is 22.3 Å². The van der Waals surface area contributed by atoms with Crippen LogP contribution in [0.5, 0.6) is 0 Å². The molecule has 3 rings (SSSR count). The van der Waals surface area contributed by atoms with Crippen molar-refractivity contribution in [1.82, 2.24) is 4.98 Å². The van der Waals surface area contributed by atoms with Gasteiger partial charge in [0.25, 0.3) is 0 Å². The first-order valence-electron chi connectivity index (χ1n) is 5.15. The number of fused-ring (bicyclic) bond motifs is 3. The largest absolute Gasteiger partial charge is 0.375 e. The molecule has 0 saturated heterocycles. The van der Waals surface area contributed by atoms with Crippen LogP contribution in [0.25, 0.3) is 11.3 Å². The SMILES string of the molecule is CS(=O)(=O)c1c(Cl)ccc2c1Cc1sc(N)nc1-2.Cl. The average Bonchev–Trinajstić information content (AvgIpc) is 2.70. The first-order valence-corrected chi connectivity index (χ1v) is 8.23. The minimum atomic E-state index is -3.35. The molecule has 2 aromatic rings. The summed E-state index contributed by atoms with van der Waals surface area (Å²) < 4.78 is 23.7. The number of anilines is 1. The molecule has 1 heterocycles. The maximum Gasteiger partial charge on any atom is 0.180 e. The highest BCUT2D eigenvalue weighted by Crippen LogP contribution is 2.44. The van der Waals surface area contributed by atoms with Crippen molar-refractivity contribution in [1.29, 1.82) is 0 Å². The van der Waals surface area contributed by atoms with E-state index < -0.39 is 9.84 Å². The van der Waals surface area contributed by atoms with Crippen molar-refractivity contribution in [3.63, 3.8) is 0 Å². The van der Waals surface area contributed by atoms with Crippen LogP contribution in [0.3, 0.4) is 0 Å². The van der Waals surface area contributed by atoms with Gasteiger partial charge in [0.1, 0.15) is 0 Å². The molecule has 1 aliphatic rings. The summed E-state index contributed by atoms with van der Waals surface area (Å²) in [4.78, 5) is 5.45. The second-order valence-corrected chi connectivity index (χ2v) is 7.65. The van der Waals surface area contributed by atoms with Crippen molar-refractivity contribution in [2.45, 2.75) is 11.3 Å². The van der Waals surface area contributed by atoms with Crippen LogP contribution in [0, 0.1) is 0 Å². The third kappa shape index (κ3) is 2.23. The standard InChI is InChI=1S/C11H9ClN2O2S2.ClH/c1-18(15,16)10-6-4-8-9(14-11(13)17-8)5(6)2-3-7(10)12;/h2-3H,4H2,1H3,(H2,13,14);1H. The molecule has 102 valence electrons. The molecule has 0 spiro atoms. The molecule has 0 aliphatic heterocycles. The third-order valence-electron chi connectivity index (χ3n) is 2.89. The number of nitrogens with zero attached hydrogens (tertiary/aromatic N) is 1. The maximum absolute atomic E-state index is 11.8. The summed E-state index contributed by atoms with van der Waals surface area (Å²) in [6.07, 6.45) is 1.70. The van der Waals surface area contributed by atoms with Gasteiger partial charge in [-0.15, -0.1) is 23.7 Å². The molecule has 0 saturated carbocycles. The van der Waals surface area contributed by atoms with Crippen LogP contribution in [0.15, 0.2) is 17.0 Å². The number of nitrogens with two attached hydrogens (primary N) is 1. The number of rotatable bonds is 1. The van der Waals surface area contributed by atoms with Gasteiger partial charge in [0.2, 0.25) is 0 Å². The molecular formula is C11H10Cl2N2O2S2. The Labute approximate surface area is 125 Å². The van der Waals surface area contributed by atoms with E-state index in [9.17, 15) is 8.42 Å². The van der Waals surface area contributed by atoms with E-state index in [1.54, 1.807) is 12.1 Å². The van der Waals surface area contributed by atoms with Crippen LogP contribution in [-0.4, -0.2) is 19.7 Å². The molecule has 1 aromatic carbocycles. The van der Waals surface area contributed by atoms with Crippen molar-refractivity contribution >= 4 is 50.3 Å². The van der Waals surface area contributed by atoms with Gasteiger partial charge in [0.05, 0.1) is 15.6 Å². The van der Waals surface area contributed by atoms with Gasteiger partial charge in [-0.3, -0.25) is 0 Å². The molecule has 0 bridgehead atoms. The Kier molecular flexibility index (Phi) is 3.55. The fourth-order valence-electron chi connectivity index (χ4n) is 2.26. The molecule has 8 heteroatoms. The molecule has 1 aliphatic carbocycles. The number of hydrogen-bond acceptors (Lipinski definition) is 5. The van der Waals surface area contributed by atoms with Crippen LogP contribution >= 0.6 is 35.3 Å². The summed E-state index contributed by atoms with van der Waals surface area (Å²) >= 11 is 7.40. The highest BCUT2D eigenvalue weighted by Gasteiger charge is 2.29. The normalized spacial score (nSPS) is 12.7. The van der Waals surface area contributed by atoms with Gasteiger partial charge in [-0.25, -0.2) is 13.4 Å². The highest BCUT2D eigenvalue weighted by molar-refractivity contribution is 7.90. The molecule has 0 unspecified atom stereocenters. The number of halogens is 2. The molecule has 0 atom stereocenters. The lowest BCUT2D eigenvalue weighted by atomic mass is 10.1. The first kappa shape index (κ1) is 14.6. The molecule has 0 amide bonds. The van der Waals surface area contributed by atoms with E-state index in [4.69, 9.17) is 17.3 Å². The summed E-state index contributed by atoms with van der Waals surface area (Å²) in [6, 6.07) is 3.40. The summed E-state index contributed by atoms with van der Waals surface area (Å²) in [5, 5.41) is 0.765. The van der Waals surface area contributed by atoms with Crippen molar-refractivity contribution in [3.05, 3.63) is 27.6 Å². The van der Waals surface area contributed by atoms with Crippen LogP contribution in [0.1, 0.15) is 10.4 Å². The number of sulfone groups is 1. The van der Waals surface area contributed by atoms with E-state index in [0.29, 0.717) is 11.6 Å². The molecule has 19 heavy (non-hydrogen) atoms. The number of hydrogen-bond donors (Lipinski definition) is 1. The third-order valence-corrected chi connectivity index (χ3v) is 5.41. The van der Waals surface area contributed by atoms with Gasteiger partial charge in [0.15, 0.2) is 15.0 Å². The Bertz CT molecular complexity index is 769. The van der Waals surface area contributed by atoms with Gasteiger partial charge in [-0.1, -0.05) is 17.7 Å². The van der Waals surface area contributed by atoms with E-state index in [0.717, 1.165) is 21.7 Å². The maximum atomic E-state index is 11.8.